The number of ether oxygens (including phenoxy) is 1. The molecule has 0 saturated heterocycles. The average Bonchev–Trinajstić information content (AvgIpc) is 3.22. The number of benzene rings is 2. The highest BCUT2D eigenvalue weighted by atomic mass is 35.5. The van der Waals surface area contributed by atoms with Gasteiger partial charge in [0.2, 0.25) is 5.78 Å². The Hall–Kier alpha value is -3.03. The number of halogens is 3. The maximum atomic E-state index is 14.2. The maximum Gasteiger partial charge on any atom is 0.350 e. The van der Waals surface area contributed by atoms with Crippen molar-refractivity contribution in [2.45, 2.75) is 13.8 Å². The van der Waals surface area contributed by atoms with Crippen LogP contribution in [-0.2, 0) is 4.74 Å². The molecule has 0 atom stereocenters. The van der Waals surface area contributed by atoms with Gasteiger partial charge in [0.25, 0.3) is 0 Å². The standard InChI is InChI=1S/C23H16ClF2NO3S/c1-12-9-16(13(2)27(12)18-6-4-3-5-17(18)26)19(28)11-30-23(29)22-21(24)15-8-7-14(25)10-20(15)31-22/h3-10H,11H2,1-2H3. The summed E-state index contributed by atoms with van der Waals surface area (Å²) in [6.45, 7) is 2.96. The van der Waals surface area contributed by atoms with E-state index in [2.05, 4.69) is 0 Å². The minimum atomic E-state index is -0.761. The Kier molecular flexibility index (Phi) is 5.64. The van der Waals surface area contributed by atoms with Gasteiger partial charge in [0, 0.05) is 27.0 Å². The lowest BCUT2D eigenvalue weighted by molar-refractivity contribution is 0.0479. The molecular weight excluding hydrogens is 444 g/mol. The Morgan fingerprint density at radius 2 is 1.84 bits per heavy atom. The van der Waals surface area contributed by atoms with E-state index in [0.717, 1.165) is 11.3 Å². The van der Waals surface area contributed by atoms with Crippen LogP contribution in [-0.4, -0.2) is 22.9 Å². The second kappa shape index (κ2) is 8.24. The largest absolute Gasteiger partial charge is 0.453 e. The van der Waals surface area contributed by atoms with Gasteiger partial charge in [-0.3, -0.25) is 4.79 Å². The maximum absolute atomic E-state index is 14.2. The fourth-order valence-electron chi connectivity index (χ4n) is 3.49. The Morgan fingerprint density at radius 1 is 1.10 bits per heavy atom. The van der Waals surface area contributed by atoms with E-state index in [9.17, 15) is 18.4 Å². The highest BCUT2D eigenvalue weighted by Gasteiger charge is 2.22. The van der Waals surface area contributed by atoms with Crippen LogP contribution in [0.15, 0.2) is 48.5 Å². The smallest absolute Gasteiger partial charge is 0.350 e. The first-order valence-corrected chi connectivity index (χ1v) is 10.5. The van der Waals surface area contributed by atoms with Gasteiger partial charge >= 0.3 is 5.97 Å². The fourth-order valence-corrected chi connectivity index (χ4v) is 4.92. The number of carbonyl (C=O) groups excluding carboxylic acids is 2. The van der Waals surface area contributed by atoms with E-state index in [4.69, 9.17) is 16.3 Å². The molecule has 0 bridgehead atoms. The molecule has 0 amide bonds. The molecule has 158 valence electrons. The van der Waals surface area contributed by atoms with Gasteiger partial charge in [-0.05, 0) is 50.2 Å². The monoisotopic (exact) mass is 459 g/mol. The second-order valence-corrected chi connectivity index (χ2v) is 8.39. The summed E-state index contributed by atoms with van der Waals surface area (Å²) < 4.78 is 35.0. The van der Waals surface area contributed by atoms with E-state index >= 15 is 0 Å². The number of esters is 1. The third-order valence-electron chi connectivity index (χ3n) is 4.94. The molecule has 0 spiro atoms. The number of fused-ring (bicyclic) bond motifs is 1. The van der Waals surface area contributed by atoms with Gasteiger partial charge in [-0.15, -0.1) is 11.3 Å². The van der Waals surface area contributed by atoms with E-state index in [1.165, 1.54) is 24.3 Å². The molecule has 0 N–H and O–H groups in total. The summed E-state index contributed by atoms with van der Waals surface area (Å²) in [5.41, 5.74) is 1.88. The zero-order chi connectivity index (χ0) is 22.3. The predicted octanol–water partition coefficient (Wildman–Crippen LogP) is 6.28. The first kappa shape index (κ1) is 21.2. The molecule has 2 aromatic carbocycles. The lowest BCUT2D eigenvalue weighted by atomic mass is 10.1. The summed E-state index contributed by atoms with van der Waals surface area (Å²) in [4.78, 5) is 25.3. The molecule has 2 heterocycles. The molecule has 8 heteroatoms. The first-order chi connectivity index (χ1) is 14.8. The van der Waals surface area contributed by atoms with Gasteiger partial charge in [0.05, 0.1) is 10.7 Å². The van der Waals surface area contributed by atoms with E-state index in [1.807, 2.05) is 0 Å². The zero-order valence-electron chi connectivity index (χ0n) is 16.5. The summed E-state index contributed by atoms with van der Waals surface area (Å²) in [5, 5.41) is 0.704. The van der Waals surface area contributed by atoms with Crippen molar-refractivity contribution < 1.29 is 23.1 Å². The minimum Gasteiger partial charge on any atom is -0.453 e. The normalized spacial score (nSPS) is 11.1. The van der Waals surface area contributed by atoms with Crippen molar-refractivity contribution in [1.82, 2.24) is 4.57 Å². The quantitative estimate of drug-likeness (QED) is 0.260. The van der Waals surface area contributed by atoms with Gasteiger partial charge in [0.15, 0.2) is 6.61 Å². The number of para-hydroxylation sites is 1. The van der Waals surface area contributed by atoms with Gasteiger partial charge < -0.3 is 9.30 Å². The number of ketones is 1. The summed E-state index contributed by atoms with van der Waals surface area (Å²) in [6.07, 6.45) is 0. The highest BCUT2D eigenvalue weighted by molar-refractivity contribution is 7.21. The lowest BCUT2D eigenvalue weighted by Gasteiger charge is -2.10. The summed E-state index contributed by atoms with van der Waals surface area (Å²) in [5.74, 6) is -2.04. The molecule has 4 aromatic rings. The van der Waals surface area contributed by atoms with Crippen molar-refractivity contribution >= 4 is 44.8 Å². The molecule has 4 rings (SSSR count). The molecule has 0 aliphatic rings. The van der Waals surface area contributed by atoms with Crippen LogP contribution in [0, 0.1) is 25.5 Å². The lowest BCUT2D eigenvalue weighted by Crippen LogP contribution is -2.14. The van der Waals surface area contributed by atoms with E-state index < -0.39 is 30.0 Å². The Morgan fingerprint density at radius 3 is 2.58 bits per heavy atom. The van der Waals surface area contributed by atoms with Crippen molar-refractivity contribution in [3.8, 4) is 5.69 Å². The fraction of sp³-hybridized carbons (Fsp3) is 0.130. The molecule has 0 aliphatic heterocycles. The van der Waals surface area contributed by atoms with Crippen molar-refractivity contribution in [1.29, 1.82) is 0 Å². The van der Waals surface area contributed by atoms with Gasteiger partial charge in [-0.25, -0.2) is 13.6 Å². The van der Waals surface area contributed by atoms with Crippen molar-refractivity contribution in [3.63, 3.8) is 0 Å². The highest BCUT2D eigenvalue weighted by Crippen LogP contribution is 2.36. The van der Waals surface area contributed by atoms with Crippen LogP contribution >= 0.6 is 22.9 Å². The molecule has 0 aliphatic carbocycles. The third-order valence-corrected chi connectivity index (χ3v) is 6.57. The van der Waals surface area contributed by atoms with Crippen molar-refractivity contribution in [2.75, 3.05) is 6.61 Å². The minimum absolute atomic E-state index is 0.104. The SMILES string of the molecule is Cc1cc(C(=O)COC(=O)c2sc3cc(F)ccc3c2Cl)c(C)n1-c1ccccc1F. The number of thiophene rings is 1. The number of aromatic nitrogens is 1. The summed E-state index contributed by atoms with van der Waals surface area (Å²) >= 11 is 7.23. The summed E-state index contributed by atoms with van der Waals surface area (Å²) in [6, 6.07) is 11.9. The number of aryl methyl sites for hydroxylation is 1. The molecule has 2 aromatic heterocycles. The van der Waals surface area contributed by atoms with Crippen molar-refractivity contribution in [3.05, 3.63) is 87.0 Å². The van der Waals surface area contributed by atoms with Gasteiger partial charge in [0.1, 0.15) is 16.5 Å². The van der Waals surface area contributed by atoms with Crippen LogP contribution in [0.2, 0.25) is 5.02 Å². The zero-order valence-corrected chi connectivity index (χ0v) is 18.1. The molecule has 0 saturated carbocycles. The number of nitrogens with zero attached hydrogens (tertiary/aromatic N) is 1. The van der Waals surface area contributed by atoms with Crippen LogP contribution in [0.5, 0.6) is 0 Å². The topological polar surface area (TPSA) is 48.3 Å². The molecule has 0 fully saturated rings. The third kappa shape index (κ3) is 3.86. The molecular formula is C23H16ClF2NO3S. The number of hydrogen-bond donors (Lipinski definition) is 0. The molecule has 4 nitrogen and oxygen atoms in total. The Balaban J connectivity index is 1.55. The molecule has 0 radical (unpaired) electrons. The van der Waals surface area contributed by atoms with E-state index in [1.54, 1.807) is 42.7 Å². The molecule has 31 heavy (non-hydrogen) atoms. The van der Waals surface area contributed by atoms with Crippen LogP contribution < -0.4 is 0 Å². The van der Waals surface area contributed by atoms with Crippen LogP contribution in [0.3, 0.4) is 0 Å². The van der Waals surface area contributed by atoms with Crippen LogP contribution in [0.25, 0.3) is 15.8 Å². The predicted molar refractivity (Wildman–Crippen MR) is 117 cm³/mol. The first-order valence-electron chi connectivity index (χ1n) is 9.29. The van der Waals surface area contributed by atoms with E-state index in [0.29, 0.717) is 32.7 Å². The number of rotatable bonds is 5. The van der Waals surface area contributed by atoms with E-state index in [-0.39, 0.29) is 9.90 Å². The molecule has 0 unspecified atom stereocenters. The van der Waals surface area contributed by atoms with Crippen LogP contribution in [0.1, 0.15) is 31.4 Å². The number of Topliss-reactive ketones (excluding diaryl/α,β-unsaturated/α-hetero) is 1. The second-order valence-electron chi connectivity index (χ2n) is 6.96. The number of hydrogen-bond acceptors (Lipinski definition) is 4. The number of carbonyl (C=O) groups is 2. The Labute approximate surface area is 185 Å². The van der Waals surface area contributed by atoms with Gasteiger partial charge in [-0.1, -0.05) is 23.7 Å². The summed E-state index contributed by atoms with van der Waals surface area (Å²) in [7, 11) is 0. The average molecular weight is 460 g/mol. The van der Waals surface area contributed by atoms with Crippen LogP contribution in [0.4, 0.5) is 8.78 Å². The van der Waals surface area contributed by atoms with Crippen molar-refractivity contribution in [2.24, 2.45) is 0 Å². The Bertz CT molecular complexity index is 1340. The van der Waals surface area contributed by atoms with Gasteiger partial charge in [-0.2, -0.15) is 0 Å².